The van der Waals surface area contributed by atoms with E-state index in [1.165, 1.54) is 18.4 Å². The first-order valence-electron chi connectivity index (χ1n) is 8.84. The fraction of sp³-hybridized carbons (Fsp3) is 0.667. The summed E-state index contributed by atoms with van der Waals surface area (Å²) in [5, 5.41) is 0.536. The van der Waals surface area contributed by atoms with Gasteiger partial charge in [0.15, 0.2) is 0 Å². The number of nitrogens with zero attached hydrogens (tertiary/aromatic N) is 3. The van der Waals surface area contributed by atoms with Crippen molar-refractivity contribution in [2.75, 3.05) is 13.1 Å². The molecule has 1 saturated heterocycles. The van der Waals surface area contributed by atoms with Crippen molar-refractivity contribution in [3.05, 3.63) is 29.0 Å². The summed E-state index contributed by atoms with van der Waals surface area (Å²) in [6, 6.07) is 5.11. The van der Waals surface area contributed by atoms with Crippen LogP contribution in [-0.2, 0) is 11.3 Å². The lowest BCUT2D eigenvalue weighted by molar-refractivity contribution is 0.0518. The van der Waals surface area contributed by atoms with Crippen molar-refractivity contribution in [1.29, 1.82) is 0 Å². The van der Waals surface area contributed by atoms with Crippen molar-refractivity contribution >= 4 is 17.7 Å². The first-order valence-corrected chi connectivity index (χ1v) is 9.22. The molecule has 132 valence electrons. The van der Waals surface area contributed by atoms with Crippen LogP contribution in [0.1, 0.15) is 45.1 Å². The Labute approximate surface area is 148 Å². The smallest absolute Gasteiger partial charge is 0.410 e. The van der Waals surface area contributed by atoms with Crippen LogP contribution in [0.3, 0.4) is 0 Å². The molecule has 2 heterocycles. The zero-order valence-corrected chi connectivity index (χ0v) is 15.2. The molecule has 1 aliphatic carbocycles. The van der Waals surface area contributed by atoms with E-state index in [-0.39, 0.29) is 12.2 Å². The van der Waals surface area contributed by atoms with Crippen molar-refractivity contribution < 1.29 is 9.53 Å². The molecule has 1 amide bonds. The van der Waals surface area contributed by atoms with Gasteiger partial charge in [-0.05, 0) is 51.2 Å². The van der Waals surface area contributed by atoms with Crippen molar-refractivity contribution in [1.82, 2.24) is 14.8 Å². The SMILES string of the molecule is CC(C)OC(=O)N1CCC(N(Cc2ccc(Cl)nc2)C2CC2)CC1. The Hall–Kier alpha value is -1.33. The molecule has 1 aliphatic heterocycles. The number of halogens is 1. The van der Waals surface area contributed by atoms with Crippen LogP contribution in [-0.4, -0.2) is 52.2 Å². The molecular weight excluding hydrogens is 326 g/mol. The van der Waals surface area contributed by atoms with Crippen LogP contribution in [0.25, 0.3) is 0 Å². The summed E-state index contributed by atoms with van der Waals surface area (Å²) in [4.78, 5) is 20.6. The Bertz CT molecular complexity index is 552. The zero-order valence-electron chi connectivity index (χ0n) is 14.4. The largest absolute Gasteiger partial charge is 0.447 e. The number of carbonyl (C=O) groups excluding carboxylic acids is 1. The number of hydrogen-bond donors (Lipinski definition) is 0. The van der Waals surface area contributed by atoms with Gasteiger partial charge in [0.25, 0.3) is 0 Å². The van der Waals surface area contributed by atoms with Crippen molar-refractivity contribution in [3.8, 4) is 0 Å². The van der Waals surface area contributed by atoms with E-state index >= 15 is 0 Å². The highest BCUT2D eigenvalue weighted by Crippen LogP contribution is 2.33. The number of amides is 1. The van der Waals surface area contributed by atoms with Crippen molar-refractivity contribution in [2.45, 2.75) is 64.3 Å². The van der Waals surface area contributed by atoms with Gasteiger partial charge in [-0.25, -0.2) is 9.78 Å². The molecule has 5 nitrogen and oxygen atoms in total. The third-order valence-corrected chi connectivity index (χ3v) is 4.92. The molecule has 0 N–H and O–H groups in total. The van der Waals surface area contributed by atoms with Gasteiger partial charge in [0.05, 0.1) is 6.10 Å². The second-order valence-electron chi connectivity index (χ2n) is 7.04. The Kier molecular flexibility index (Phi) is 5.61. The minimum absolute atomic E-state index is 0.0596. The number of carbonyl (C=O) groups is 1. The van der Waals surface area contributed by atoms with Crippen LogP contribution >= 0.6 is 11.6 Å². The van der Waals surface area contributed by atoms with Gasteiger partial charge in [0, 0.05) is 37.9 Å². The first kappa shape index (κ1) is 17.5. The predicted molar refractivity (Wildman–Crippen MR) is 94.0 cm³/mol. The normalized spacial score (nSPS) is 19.1. The molecule has 1 aromatic rings. The number of pyridine rings is 1. The molecule has 0 spiro atoms. The zero-order chi connectivity index (χ0) is 17.1. The fourth-order valence-corrected chi connectivity index (χ4v) is 3.44. The van der Waals surface area contributed by atoms with Crippen LogP contribution < -0.4 is 0 Å². The van der Waals surface area contributed by atoms with E-state index in [9.17, 15) is 4.79 Å². The summed E-state index contributed by atoms with van der Waals surface area (Å²) < 4.78 is 5.30. The predicted octanol–water partition coefficient (Wildman–Crippen LogP) is 3.71. The number of piperidine rings is 1. The molecule has 3 rings (SSSR count). The van der Waals surface area contributed by atoms with E-state index in [0.717, 1.165) is 32.5 Å². The molecule has 0 radical (unpaired) electrons. The summed E-state index contributed by atoms with van der Waals surface area (Å²) in [7, 11) is 0. The minimum Gasteiger partial charge on any atom is -0.447 e. The van der Waals surface area contributed by atoms with E-state index in [1.807, 2.05) is 31.0 Å². The summed E-state index contributed by atoms with van der Waals surface area (Å²) in [6.07, 6.45) is 6.19. The molecule has 0 bridgehead atoms. The molecule has 0 aromatic carbocycles. The van der Waals surface area contributed by atoms with E-state index < -0.39 is 0 Å². The van der Waals surface area contributed by atoms with E-state index in [2.05, 4.69) is 16.0 Å². The van der Waals surface area contributed by atoms with E-state index in [4.69, 9.17) is 16.3 Å². The van der Waals surface area contributed by atoms with Crippen LogP contribution in [0.15, 0.2) is 18.3 Å². The van der Waals surface area contributed by atoms with Crippen LogP contribution in [0, 0.1) is 0 Å². The van der Waals surface area contributed by atoms with Gasteiger partial charge in [-0.15, -0.1) is 0 Å². The third-order valence-electron chi connectivity index (χ3n) is 4.70. The maximum absolute atomic E-state index is 12.0. The van der Waals surface area contributed by atoms with Gasteiger partial charge in [-0.3, -0.25) is 4.90 Å². The lowest BCUT2D eigenvalue weighted by Crippen LogP contribution is -2.47. The fourth-order valence-electron chi connectivity index (χ4n) is 3.33. The number of ether oxygens (including phenoxy) is 1. The number of likely N-dealkylation sites (tertiary alicyclic amines) is 1. The summed E-state index contributed by atoms with van der Waals surface area (Å²) in [5.41, 5.74) is 1.20. The van der Waals surface area contributed by atoms with Gasteiger partial charge in [-0.2, -0.15) is 0 Å². The Morgan fingerprint density at radius 3 is 2.50 bits per heavy atom. The van der Waals surface area contributed by atoms with Gasteiger partial charge in [0.2, 0.25) is 0 Å². The van der Waals surface area contributed by atoms with Crippen LogP contribution in [0.4, 0.5) is 4.79 Å². The summed E-state index contributed by atoms with van der Waals surface area (Å²) in [5.74, 6) is 0. The Morgan fingerprint density at radius 2 is 1.96 bits per heavy atom. The topological polar surface area (TPSA) is 45.7 Å². The molecule has 1 aromatic heterocycles. The van der Waals surface area contributed by atoms with Crippen molar-refractivity contribution in [2.24, 2.45) is 0 Å². The van der Waals surface area contributed by atoms with E-state index in [0.29, 0.717) is 17.2 Å². The highest BCUT2D eigenvalue weighted by Gasteiger charge is 2.36. The lowest BCUT2D eigenvalue weighted by Gasteiger charge is -2.38. The number of aromatic nitrogens is 1. The minimum atomic E-state index is -0.177. The lowest BCUT2D eigenvalue weighted by atomic mass is 10.0. The van der Waals surface area contributed by atoms with Crippen LogP contribution in [0.5, 0.6) is 0 Å². The molecule has 0 atom stereocenters. The molecule has 2 fully saturated rings. The average molecular weight is 352 g/mol. The van der Waals surface area contributed by atoms with Gasteiger partial charge < -0.3 is 9.64 Å². The quantitative estimate of drug-likeness (QED) is 0.759. The second kappa shape index (κ2) is 7.70. The monoisotopic (exact) mass is 351 g/mol. The maximum Gasteiger partial charge on any atom is 0.410 e. The molecule has 0 unspecified atom stereocenters. The highest BCUT2D eigenvalue weighted by atomic mass is 35.5. The third kappa shape index (κ3) is 4.61. The standard InChI is InChI=1S/C18H26ClN3O2/c1-13(2)24-18(23)21-9-7-16(8-10-21)22(15-4-5-15)12-14-3-6-17(19)20-11-14/h3,6,11,13,15-16H,4-5,7-10,12H2,1-2H3. The molecule has 24 heavy (non-hydrogen) atoms. The second-order valence-corrected chi connectivity index (χ2v) is 7.43. The number of rotatable bonds is 5. The molecular formula is C18H26ClN3O2. The van der Waals surface area contributed by atoms with Gasteiger partial charge in [-0.1, -0.05) is 17.7 Å². The van der Waals surface area contributed by atoms with Crippen molar-refractivity contribution in [3.63, 3.8) is 0 Å². The summed E-state index contributed by atoms with van der Waals surface area (Å²) in [6.45, 7) is 6.24. The maximum atomic E-state index is 12.0. The highest BCUT2D eigenvalue weighted by molar-refractivity contribution is 6.29. The van der Waals surface area contributed by atoms with Crippen LogP contribution in [0.2, 0.25) is 5.15 Å². The number of hydrogen-bond acceptors (Lipinski definition) is 4. The average Bonchev–Trinajstić information content (AvgIpc) is 3.39. The van der Waals surface area contributed by atoms with E-state index in [1.54, 1.807) is 0 Å². The Balaban J connectivity index is 1.56. The molecule has 6 heteroatoms. The van der Waals surface area contributed by atoms with Gasteiger partial charge >= 0.3 is 6.09 Å². The van der Waals surface area contributed by atoms with Gasteiger partial charge in [0.1, 0.15) is 5.15 Å². The summed E-state index contributed by atoms with van der Waals surface area (Å²) >= 11 is 5.88. The Morgan fingerprint density at radius 1 is 1.29 bits per heavy atom. The first-order chi connectivity index (χ1) is 11.5. The molecule has 2 aliphatic rings. The molecule has 1 saturated carbocycles.